The van der Waals surface area contributed by atoms with Gasteiger partial charge in [-0.2, -0.15) is 0 Å². The van der Waals surface area contributed by atoms with Crippen LogP contribution in [-0.2, 0) is 16.2 Å². The van der Waals surface area contributed by atoms with Crippen molar-refractivity contribution in [3.8, 4) is 22.3 Å². The number of nitrogens with zero attached hydrogens (tertiary/aromatic N) is 3. The Morgan fingerprint density at radius 2 is 0.817 bits per heavy atom. The van der Waals surface area contributed by atoms with E-state index in [1.54, 1.807) is 0 Å². The number of para-hydroxylation sites is 1. The first-order valence-electron chi connectivity index (χ1n) is 37.1. The quantitative estimate of drug-likeness (QED) is 0.114. The monoisotopic (exact) mass is 1380 g/mol. The van der Waals surface area contributed by atoms with E-state index in [0.29, 0.717) is 0 Å². The van der Waals surface area contributed by atoms with Crippen molar-refractivity contribution in [2.45, 2.75) is 118 Å². The summed E-state index contributed by atoms with van der Waals surface area (Å²) >= 11 is 0. The van der Waals surface area contributed by atoms with Crippen LogP contribution in [0.2, 0.25) is 32.7 Å². The van der Waals surface area contributed by atoms with Crippen molar-refractivity contribution in [2.24, 2.45) is 0 Å². The maximum absolute atomic E-state index is 7.96. The van der Waals surface area contributed by atoms with E-state index in [9.17, 15) is 0 Å². The number of aryl methyl sites for hydroxylation is 4. The summed E-state index contributed by atoms with van der Waals surface area (Å²) < 4.78 is 7.96. The van der Waals surface area contributed by atoms with Crippen LogP contribution >= 0.6 is 0 Å². The summed E-state index contributed by atoms with van der Waals surface area (Å²) in [6.07, 6.45) is 0. The van der Waals surface area contributed by atoms with Crippen LogP contribution in [0.25, 0.3) is 65.7 Å². The molecule has 0 fully saturated rings. The van der Waals surface area contributed by atoms with E-state index in [4.69, 9.17) is 4.42 Å². The largest absolute Gasteiger partial charge is 0.455 e. The molecule has 17 rings (SSSR count). The second-order valence-corrected chi connectivity index (χ2v) is 42.5. The standard InChI is InChI=1S/C98H91N3OSi2/c1-62-38-56-82(64(3)58-62)100(84-34-24-28-66-26-16-18-30-76(66)84)86-60-80-92(94-90(86)78-32-20-22-36-88(78)102-94)93-81(61-87(91-79-33-21-23-37-89(79)104(14,15)95(91)93)101(83-57-39-63(2)59-65(83)4)85-35-25-29-67-27-17-19-31-77(67)85)98(80,71-46-54-75(55-47-71)103(11,12)13)70-44-52-74(53-45-70)99(72-48-40-68(41-49-72)96(5,6)7)73-50-42-69(43-51-73)97(8,9)10/h16-61H,1-15H3. The first-order valence-corrected chi connectivity index (χ1v) is 43.6. The number of hydrogen-bond donors (Lipinski definition) is 0. The number of anilines is 9. The SMILES string of the molecule is Cc1ccc(N(c2cc3c(c4c2-c2ccccc2[Si]4(C)C)-c2c(cc(N(c4ccc(C)cc4C)c4cccc5ccccc45)c4c2oc2ccccc24)C3(c2ccc(N(c3ccc(C(C)(C)C)cc3)c3ccc(C(C)(C)C)cc3)cc2)c2ccc([Si](C)(C)C)cc2)c2cccc3ccccc23)c(C)c1. The highest BCUT2D eigenvalue weighted by molar-refractivity contribution is 7.05. The van der Waals surface area contributed by atoms with Crippen molar-refractivity contribution < 1.29 is 4.42 Å². The Bertz CT molecular complexity index is 5870. The van der Waals surface area contributed by atoms with Crippen molar-refractivity contribution in [3.05, 3.63) is 335 Å². The van der Waals surface area contributed by atoms with Gasteiger partial charge in [-0.1, -0.05) is 291 Å². The lowest BCUT2D eigenvalue weighted by Crippen LogP contribution is -2.50. The summed E-state index contributed by atoms with van der Waals surface area (Å²) in [6.45, 7) is 35.5. The molecule has 1 unspecified atom stereocenters. The molecule has 6 heteroatoms. The Hall–Kier alpha value is -10.8. The molecule has 0 amide bonds. The first-order chi connectivity index (χ1) is 49.9. The van der Waals surface area contributed by atoms with Crippen molar-refractivity contribution in [1.82, 2.24) is 0 Å². The van der Waals surface area contributed by atoms with Gasteiger partial charge in [0.1, 0.15) is 19.2 Å². The highest BCUT2D eigenvalue weighted by Gasteiger charge is 2.54. The van der Waals surface area contributed by atoms with Gasteiger partial charge in [0.15, 0.2) is 0 Å². The fourth-order valence-electron chi connectivity index (χ4n) is 17.7. The van der Waals surface area contributed by atoms with Crippen molar-refractivity contribution in [3.63, 3.8) is 0 Å². The summed E-state index contributed by atoms with van der Waals surface area (Å²) in [5.74, 6) is 0. The third-order valence-electron chi connectivity index (χ3n) is 22.9. The average molecular weight is 1380 g/mol. The van der Waals surface area contributed by atoms with Gasteiger partial charge >= 0.3 is 0 Å². The summed E-state index contributed by atoms with van der Waals surface area (Å²) in [4.78, 5) is 7.71. The Balaban J connectivity index is 1.07. The minimum absolute atomic E-state index is 0.0150. The highest BCUT2D eigenvalue weighted by Crippen LogP contribution is 2.64. The molecule has 0 saturated carbocycles. The van der Waals surface area contributed by atoms with E-state index < -0.39 is 21.6 Å². The molecule has 0 bridgehead atoms. The smallest absolute Gasteiger partial charge is 0.145 e. The second-order valence-electron chi connectivity index (χ2n) is 33.2. The Kier molecular flexibility index (Phi) is 15.6. The summed E-state index contributed by atoms with van der Waals surface area (Å²) in [7, 11) is -4.65. The average Bonchev–Trinajstić information content (AvgIpc) is 1.49. The van der Waals surface area contributed by atoms with Crippen molar-refractivity contribution in [1.29, 1.82) is 0 Å². The molecule has 0 radical (unpaired) electrons. The molecule has 15 aromatic rings. The molecule has 0 spiro atoms. The predicted molar refractivity (Wildman–Crippen MR) is 452 cm³/mol. The lowest BCUT2D eigenvalue weighted by molar-refractivity contribution is 0.590. The predicted octanol–water partition coefficient (Wildman–Crippen LogP) is 25.8. The topological polar surface area (TPSA) is 22.9 Å². The highest BCUT2D eigenvalue weighted by atomic mass is 28.3. The summed E-state index contributed by atoms with van der Waals surface area (Å²) in [5.41, 5.74) is 28.0. The lowest BCUT2D eigenvalue weighted by atomic mass is 9.67. The molecule has 4 nitrogen and oxygen atoms in total. The van der Waals surface area contributed by atoms with E-state index in [0.717, 1.165) is 78.7 Å². The number of benzene rings is 14. The maximum Gasteiger partial charge on any atom is 0.145 e. The number of furan rings is 1. The van der Waals surface area contributed by atoms with Crippen LogP contribution in [0.5, 0.6) is 0 Å². The van der Waals surface area contributed by atoms with Crippen molar-refractivity contribution in [2.75, 3.05) is 14.7 Å². The molecule has 2 aliphatic rings. The molecule has 0 saturated heterocycles. The minimum atomic E-state index is -2.78. The van der Waals surface area contributed by atoms with E-state index in [1.165, 1.54) is 109 Å². The number of hydrogen-bond acceptors (Lipinski definition) is 4. The molecule has 1 aromatic heterocycles. The van der Waals surface area contributed by atoms with E-state index in [2.05, 4.69) is 396 Å². The molecule has 1 aliphatic heterocycles. The summed E-state index contributed by atoms with van der Waals surface area (Å²) in [5, 5.41) is 11.2. The molecular formula is C98H91N3OSi2. The Morgan fingerprint density at radius 1 is 0.375 bits per heavy atom. The Morgan fingerprint density at radius 3 is 1.34 bits per heavy atom. The molecule has 1 aliphatic carbocycles. The molecule has 1 atom stereocenters. The van der Waals surface area contributed by atoms with Crippen LogP contribution in [0, 0.1) is 27.7 Å². The fraction of sp³-hybridized carbons (Fsp3) is 0.184. The third-order valence-corrected chi connectivity index (χ3v) is 28.5. The summed E-state index contributed by atoms with van der Waals surface area (Å²) in [6, 6.07) is 108. The zero-order valence-corrected chi connectivity index (χ0v) is 64.8. The van der Waals surface area contributed by atoms with Gasteiger partial charge in [-0.3, -0.25) is 0 Å². The van der Waals surface area contributed by atoms with E-state index in [1.807, 2.05) is 0 Å². The zero-order chi connectivity index (χ0) is 72.1. The molecule has 104 heavy (non-hydrogen) atoms. The van der Waals surface area contributed by atoms with Crippen LogP contribution in [0.3, 0.4) is 0 Å². The number of fused-ring (bicyclic) bond motifs is 13. The van der Waals surface area contributed by atoms with E-state index in [-0.39, 0.29) is 10.8 Å². The second kappa shape index (κ2) is 24.4. The third kappa shape index (κ3) is 10.6. The molecular weight excluding hydrogens is 1290 g/mol. The van der Waals surface area contributed by atoms with Crippen LogP contribution in [0.4, 0.5) is 51.2 Å². The normalized spacial score (nSPS) is 14.6. The van der Waals surface area contributed by atoms with Crippen LogP contribution in [-0.4, -0.2) is 16.1 Å². The van der Waals surface area contributed by atoms with Crippen molar-refractivity contribution >= 4 is 126 Å². The van der Waals surface area contributed by atoms with Gasteiger partial charge in [-0.05, 0) is 194 Å². The van der Waals surface area contributed by atoms with Gasteiger partial charge in [0, 0.05) is 55.7 Å². The maximum atomic E-state index is 7.96. The fourth-order valence-corrected chi connectivity index (χ4v) is 22.3. The van der Waals surface area contributed by atoms with Gasteiger partial charge in [0.2, 0.25) is 0 Å². The first kappa shape index (κ1) is 66.5. The van der Waals surface area contributed by atoms with Crippen LogP contribution < -0.4 is 30.3 Å². The van der Waals surface area contributed by atoms with Gasteiger partial charge in [-0.25, -0.2) is 0 Å². The number of rotatable bonds is 12. The van der Waals surface area contributed by atoms with E-state index >= 15 is 0 Å². The van der Waals surface area contributed by atoms with Crippen LogP contribution in [0.15, 0.2) is 283 Å². The lowest BCUT2D eigenvalue weighted by Gasteiger charge is -2.38. The van der Waals surface area contributed by atoms with Gasteiger partial charge < -0.3 is 19.1 Å². The Labute approximate surface area is 616 Å². The molecule has 14 aromatic carbocycles. The van der Waals surface area contributed by atoms with Gasteiger partial charge in [0.25, 0.3) is 0 Å². The molecule has 0 N–H and O–H groups in total. The molecule has 2 heterocycles. The van der Waals surface area contributed by atoms with Gasteiger partial charge in [0.05, 0.1) is 41.6 Å². The minimum Gasteiger partial charge on any atom is -0.455 e. The van der Waals surface area contributed by atoms with Gasteiger partial charge in [-0.15, -0.1) is 0 Å². The molecule has 512 valence electrons. The van der Waals surface area contributed by atoms with Crippen LogP contribution in [0.1, 0.15) is 97.2 Å². The zero-order valence-electron chi connectivity index (χ0n) is 62.8.